The van der Waals surface area contributed by atoms with Gasteiger partial charge in [0.25, 0.3) is 0 Å². The zero-order chi connectivity index (χ0) is 14.3. The molecule has 0 fully saturated rings. The van der Waals surface area contributed by atoms with E-state index in [4.69, 9.17) is 27.6 Å². The maximum Gasteiger partial charge on any atom is 0.138 e. The number of hydrogen-bond acceptors (Lipinski definition) is 2. The highest BCUT2D eigenvalue weighted by molar-refractivity contribution is 9.10. The van der Waals surface area contributed by atoms with Crippen LogP contribution in [-0.4, -0.2) is 5.11 Å². The molecule has 0 spiro atoms. The Labute approximate surface area is 134 Å². The minimum absolute atomic E-state index is 0.437. The van der Waals surface area contributed by atoms with Crippen molar-refractivity contribution in [2.24, 2.45) is 0 Å². The van der Waals surface area contributed by atoms with Crippen LogP contribution in [0.25, 0.3) is 11.0 Å². The van der Waals surface area contributed by atoms with E-state index >= 15 is 0 Å². The van der Waals surface area contributed by atoms with Gasteiger partial charge < -0.3 is 9.52 Å². The summed E-state index contributed by atoms with van der Waals surface area (Å²) in [6.45, 7) is 0. The first-order valence-corrected chi connectivity index (χ1v) is 7.41. The maximum absolute atomic E-state index is 10.4. The van der Waals surface area contributed by atoms with Gasteiger partial charge in [-0.25, -0.2) is 0 Å². The van der Waals surface area contributed by atoms with Crippen LogP contribution < -0.4 is 0 Å². The Morgan fingerprint density at radius 3 is 2.60 bits per heavy atom. The van der Waals surface area contributed by atoms with Crippen LogP contribution in [-0.2, 0) is 0 Å². The van der Waals surface area contributed by atoms with Gasteiger partial charge in [-0.15, -0.1) is 0 Å². The highest BCUT2D eigenvalue weighted by Crippen LogP contribution is 2.33. The molecule has 5 heteroatoms. The minimum Gasteiger partial charge on any atom is -0.458 e. The number of benzene rings is 2. The average molecular weight is 372 g/mol. The third-order valence-corrected chi connectivity index (χ3v) is 4.08. The molecule has 102 valence electrons. The van der Waals surface area contributed by atoms with Crippen LogP contribution in [0.4, 0.5) is 0 Å². The minimum atomic E-state index is -0.915. The van der Waals surface area contributed by atoms with E-state index in [1.54, 1.807) is 36.4 Å². The van der Waals surface area contributed by atoms with Gasteiger partial charge in [-0.05, 0) is 36.4 Å². The molecule has 0 aliphatic heterocycles. The summed E-state index contributed by atoms with van der Waals surface area (Å²) in [7, 11) is 0. The zero-order valence-corrected chi connectivity index (χ0v) is 13.2. The summed E-state index contributed by atoms with van der Waals surface area (Å²) >= 11 is 15.4. The average Bonchev–Trinajstić information content (AvgIpc) is 2.81. The standard InChI is InChI=1S/C15H9BrCl2O2/c16-9-1-3-11(12(18)7-9)15(19)14-6-8-5-10(17)2-4-13(8)20-14/h1-7,15,19H. The normalized spacial score (nSPS) is 12.8. The molecule has 3 rings (SSSR count). The molecule has 1 atom stereocenters. The molecule has 0 amide bonds. The van der Waals surface area contributed by atoms with Gasteiger partial charge >= 0.3 is 0 Å². The number of rotatable bonds is 2. The summed E-state index contributed by atoms with van der Waals surface area (Å²) in [4.78, 5) is 0. The van der Waals surface area contributed by atoms with Crippen molar-refractivity contribution in [1.29, 1.82) is 0 Å². The lowest BCUT2D eigenvalue weighted by Gasteiger charge is -2.10. The molecular formula is C15H9BrCl2O2. The molecule has 2 nitrogen and oxygen atoms in total. The van der Waals surface area contributed by atoms with Gasteiger partial charge in [-0.3, -0.25) is 0 Å². The van der Waals surface area contributed by atoms with Gasteiger partial charge in [0.1, 0.15) is 17.4 Å². The van der Waals surface area contributed by atoms with Crippen molar-refractivity contribution in [2.75, 3.05) is 0 Å². The quantitative estimate of drug-likeness (QED) is 0.637. The molecule has 0 bridgehead atoms. The van der Waals surface area contributed by atoms with E-state index < -0.39 is 6.10 Å². The van der Waals surface area contributed by atoms with Crippen molar-refractivity contribution in [3.05, 3.63) is 68.3 Å². The monoisotopic (exact) mass is 370 g/mol. The number of furan rings is 1. The van der Waals surface area contributed by atoms with Gasteiger partial charge in [0.05, 0.1) is 0 Å². The molecule has 0 saturated carbocycles. The Kier molecular flexibility index (Phi) is 3.78. The Morgan fingerprint density at radius 1 is 1.05 bits per heavy atom. The molecule has 0 radical (unpaired) electrons. The van der Waals surface area contributed by atoms with Crippen molar-refractivity contribution in [3.8, 4) is 0 Å². The van der Waals surface area contributed by atoms with Crippen LogP contribution in [0, 0.1) is 0 Å². The van der Waals surface area contributed by atoms with Gasteiger partial charge in [-0.1, -0.05) is 45.2 Å². The summed E-state index contributed by atoms with van der Waals surface area (Å²) in [5.74, 6) is 0.437. The predicted molar refractivity (Wildman–Crippen MR) is 84.4 cm³/mol. The number of fused-ring (bicyclic) bond motifs is 1. The van der Waals surface area contributed by atoms with E-state index in [0.717, 1.165) is 9.86 Å². The van der Waals surface area contributed by atoms with Crippen molar-refractivity contribution in [3.63, 3.8) is 0 Å². The number of aliphatic hydroxyl groups is 1. The summed E-state index contributed by atoms with van der Waals surface area (Å²) < 4.78 is 6.50. The first-order chi connectivity index (χ1) is 9.54. The van der Waals surface area contributed by atoms with Crippen molar-refractivity contribution >= 4 is 50.1 Å². The highest BCUT2D eigenvalue weighted by Gasteiger charge is 2.18. The smallest absolute Gasteiger partial charge is 0.138 e. The highest BCUT2D eigenvalue weighted by atomic mass is 79.9. The third-order valence-electron chi connectivity index (χ3n) is 3.02. The SMILES string of the molecule is OC(c1cc2cc(Cl)ccc2o1)c1ccc(Br)cc1Cl. The van der Waals surface area contributed by atoms with Gasteiger partial charge in [-0.2, -0.15) is 0 Å². The van der Waals surface area contributed by atoms with Crippen LogP contribution in [0.3, 0.4) is 0 Å². The summed E-state index contributed by atoms with van der Waals surface area (Å²) in [5, 5.41) is 12.4. The lowest BCUT2D eigenvalue weighted by atomic mass is 10.1. The molecule has 1 unspecified atom stereocenters. The Hall–Kier alpha value is -1.000. The lowest BCUT2D eigenvalue weighted by Crippen LogP contribution is -1.98. The molecule has 3 aromatic rings. The first kappa shape index (κ1) is 14.0. The largest absolute Gasteiger partial charge is 0.458 e. The Bertz CT molecular complexity index is 783. The van der Waals surface area contributed by atoms with E-state index in [9.17, 15) is 5.11 Å². The fourth-order valence-corrected chi connectivity index (χ4v) is 3.00. The van der Waals surface area contributed by atoms with E-state index in [1.807, 2.05) is 6.07 Å². The predicted octanol–water partition coefficient (Wildman–Crippen LogP) is 5.58. The molecule has 20 heavy (non-hydrogen) atoms. The molecular weight excluding hydrogens is 363 g/mol. The summed E-state index contributed by atoms with van der Waals surface area (Å²) in [6, 6.07) is 12.4. The van der Waals surface area contributed by atoms with E-state index in [-0.39, 0.29) is 0 Å². The van der Waals surface area contributed by atoms with Gasteiger partial charge in [0, 0.05) is 25.5 Å². The van der Waals surface area contributed by atoms with Crippen molar-refractivity contribution in [2.45, 2.75) is 6.10 Å². The molecule has 0 saturated heterocycles. The first-order valence-electron chi connectivity index (χ1n) is 5.86. The van der Waals surface area contributed by atoms with Crippen LogP contribution in [0.2, 0.25) is 10.0 Å². The number of hydrogen-bond donors (Lipinski definition) is 1. The third kappa shape index (κ3) is 2.59. The van der Waals surface area contributed by atoms with Gasteiger partial charge in [0.15, 0.2) is 0 Å². The van der Waals surface area contributed by atoms with Crippen LogP contribution in [0.1, 0.15) is 17.4 Å². The van der Waals surface area contributed by atoms with E-state index in [1.165, 1.54) is 0 Å². The topological polar surface area (TPSA) is 33.4 Å². The molecule has 1 aromatic heterocycles. The van der Waals surface area contributed by atoms with E-state index in [0.29, 0.717) is 27.0 Å². The lowest BCUT2D eigenvalue weighted by molar-refractivity contribution is 0.192. The fraction of sp³-hybridized carbons (Fsp3) is 0.0667. The summed E-state index contributed by atoms with van der Waals surface area (Å²) in [5.41, 5.74) is 1.27. The Morgan fingerprint density at radius 2 is 1.85 bits per heavy atom. The number of aliphatic hydroxyl groups excluding tert-OH is 1. The fourth-order valence-electron chi connectivity index (χ4n) is 2.05. The van der Waals surface area contributed by atoms with E-state index in [2.05, 4.69) is 15.9 Å². The second kappa shape index (κ2) is 5.41. The molecule has 2 aromatic carbocycles. The van der Waals surface area contributed by atoms with Gasteiger partial charge in [0.2, 0.25) is 0 Å². The van der Waals surface area contributed by atoms with Crippen molar-refractivity contribution < 1.29 is 9.52 Å². The van der Waals surface area contributed by atoms with Crippen LogP contribution in [0.5, 0.6) is 0 Å². The molecule has 0 aliphatic rings. The Balaban J connectivity index is 2.05. The van der Waals surface area contributed by atoms with Crippen molar-refractivity contribution in [1.82, 2.24) is 0 Å². The molecule has 0 aliphatic carbocycles. The zero-order valence-electron chi connectivity index (χ0n) is 10.1. The number of halogens is 3. The van der Waals surface area contributed by atoms with Crippen LogP contribution in [0.15, 0.2) is 51.4 Å². The summed E-state index contributed by atoms with van der Waals surface area (Å²) in [6.07, 6.45) is -0.915. The molecule has 1 heterocycles. The van der Waals surface area contributed by atoms with Crippen LogP contribution >= 0.6 is 39.1 Å². The molecule has 1 N–H and O–H groups in total. The second-order valence-corrected chi connectivity index (χ2v) is 6.16. The second-order valence-electron chi connectivity index (χ2n) is 4.40. The maximum atomic E-state index is 10.4.